The second-order valence-corrected chi connectivity index (χ2v) is 11.3. The van der Waals surface area contributed by atoms with E-state index in [0.717, 1.165) is 22.3 Å². The first kappa shape index (κ1) is 34.0. The van der Waals surface area contributed by atoms with Gasteiger partial charge in [0.2, 0.25) is 0 Å². The lowest BCUT2D eigenvalue weighted by Crippen LogP contribution is -2.12. The number of carbonyl (C=O) groups is 1. The number of imidazole rings is 1. The number of rotatable bonds is 17. The molecule has 254 valence electrons. The molecule has 5 aromatic carbocycles. The van der Waals surface area contributed by atoms with Gasteiger partial charge in [-0.3, -0.25) is 4.57 Å². The molecule has 0 fully saturated rings. The number of ether oxygens (including phenoxy) is 5. The molecule has 9 heteroatoms. The summed E-state index contributed by atoms with van der Waals surface area (Å²) in [6.45, 7) is 2.14. The van der Waals surface area contributed by atoms with Crippen LogP contribution < -0.4 is 14.2 Å². The predicted octanol–water partition coefficient (Wildman–Crippen LogP) is 8.10. The number of carboxylic acids is 1. The van der Waals surface area contributed by atoms with Crippen LogP contribution >= 0.6 is 0 Å². The number of para-hydroxylation sites is 2. The first-order valence-electron chi connectivity index (χ1n) is 16.3. The van der Waals surface area contributed by atoms with E-state index in [9.17, 15) is 9.90 Å². The summed E-state index contributed by atoms with van der Waals surface area (Å²) in [7, 11) is 1.60. The predicted molar refractivity (Wildman–Crippen MR) is 191 cm³/mol. The van der Waals surface area contributed by atoms with Gasteiger partial charge in [-0.2, -0.15) is 0 Å². The maximum atomic E-state index is 12.5. The maximum Gasteiger partial charge on any atom is 0.339 e. The number of aromatic carboxylic acids is 1. The van der Waals surface area contributed by atoms with E-state index in [0.29, 0.717) is 61.7 Å². The molecule has 6 aromatic rings. The SMILES string of the molecule is COCCOCCOc1ccc(-n2cc(-c3ccccc3OCc3ccccc3)nc2-c2ccccc2OCc2ccccc2)cc1C(=O)O. The van der Waals surface area contributed by atoms with E-state index in [1.165, 1.54) is 0 Å². The summed E-state index contributed by atoms with van der Waals surface area (Å²) in [6.07, 6.45) is 1.89. The van der Waals surface area contributed by atoms with Crippen molar-refractivity contribution in [2.75, 3.05) is 33.5 Å². The zero-order valence-electron chi connectivity index (χ0n) is 27.7. The van der Waals surface area contributed by atoms with Crippen LogP contribution in [-0.2, 0) is 22.7 Å². The Morgan fingerprint density at radius 3 is 1.86 bits per heavy atom. The van der Waals surface area contributed by atoms with E-state index >= 15 is 0 Å². The molecule has 6 rings (SSSR count). The van der Waals surface area contributed by atoms with Gasteiger partial charge in [0, 0.05) is 24.6 Å². The van der Waals surface area contributed by atoms with E-state index in [1.54, 1.807) is 19.2 Å². The molecule has 0 saturated heterocycles. The lowest BCUT2D eigenvalue weighted by atomic mass is 10.1. The Labute approximate surface area is 291 Å². The van der Waals surface area contributed by atoms with E-state index in [1.807, 2.05) is 126 Å². The number of methoxy groups -OCH3 is 1. The lowest BCUT2D eigenvalue weighted by Gasteiger charge is -2.15. The van der Waals surface area contributed by atoms with Crippen molar-refractivity contribution in [3.63, 3.8) is 0 Å². The largest absolute Gasteiger partial charge is 0.490 e. The highest BCUT2D eigenvalue weighted by molar-refractivity contribution is 5.92. The van der Waals surface area contributed by atoms with Gasteiger partial charge in [-0.15, -0.1) is 0 Å². The molecule has 0 aliphatic carbocycles. The van der Waals surface area contributed by atoms with Gasteiger partial charge in [0.1, 0.15) is 48.5 Å². The number of hydrogen-bond acceptors (Lipinski definition) is 7. The summed E-state index contributed by atoms with van der Waals surface area (Å²) >= 11 is 0. The van der Waals surface area contributed by atoms with Gasteiger partial charge >= 0.3 is 5.97 Å². The van der Waals surface area contributed by atoms with Gasteiger partial charge in [-0.05, 0) is 53.6 Å². The molecule has 0 aliphatic rings. The highest BCUT2D eigenvalue weighted by Gasteiger charge is 2.21. The monoisotopic (exact) mass is 670 g/mol. The summed E-state index contributed by atoms with van der Waals surface area (Å²) in [5.41, 5.74) is 4.85. The van der Waals surface area contributed by atoms with Crippen LogP contribution in [0.5, 0.6) is 17.2 Å². The van der Waals surface area contributed by atoms with Crippen LogP contribution in [0.1, 0.15) is 21.5 Å². The van der Waals surface area contributed by atoms with Crippen molar-refractivity contribution in [2.45, 2.75) is 13.2 Å². The number of carboxylic acid groups (broad SMARTS) is 1. The molecule has 0 unspecified atom stereocenters. The molecule has 0 spiro atoms. The van der Waals surface area contributed by atoms with Crippen LogP contribution in [0.3, 0.4) is 0 Å². The Morgan fingerprint density at radius 2 is 1.22 bits per heavy atom. The molecule has 0 amide bonds. The second kappa shape index (κ2) is 17.0. The van der Waals surface area contributed by atoms with Crippen LogP contribution in [-0.4, -0.2) is 54.2 Å². The molecule has 0 atom stereocenters. The van der Waals surface area contributed by atoms with Crippen molar-refractivity contribution in [2.24, 2.45) is 0 Å². The number of aromatic nitrogens is 2. The highest BCUT2D eigenvalue weighted by atomic mass is 16.5. The molecular weight excluding hydrogens is 632 g/mol. The minimum atomic E-state index is -1.12. The van der Waals surface area contributed by atoms with E-state index in [-0.39, 0.29) is 17.9 Å². The Kier molecular flexibility index (Phi) is 11.5. The Morgan fingerprint density at radius 1 is 0.640 bits per heavy atom. The highest BCUT2D eigenvalue weighted by Crippen LogP contribution is 2.37. The lowest BCUT2D eigenvalue weighted by molar-refractivity contribution is 0.0535. The average Bonchev–Trinajstić information content (AvgIpc) is 3.61. The Bertz CT molecular complexity index is 1990. The second-order valence-electron chi connectivity index (χ2n) is 11.3. The van der Waals surface area contributed by atoms with E-state index in [2.05, 4.69) is 0 Å². The van der Waals surface area contributed by atoms with Crippen LogP contribution in [0.2, 0.25) is 0 Å². The van der Waals surface area contributed by atoms with E-state index < -0.39 is 5.97 Å². The normalized spacial score (nSPS) is 10.9. The summed E-state index contributed by atoms with van der Waals surface area (Å²) in [4.78, 5) is 17.6. The van der Waals surface area contributed by atoms with Crippen LogP contribution in [0.15, 0.2) is 134 Å². The van der Waals surface area contributed by atoms with Crippen LogP contribution in [0.4, 0.5) is 0 Å². The van der Waals surface area contributed by atoms with Gasteiger partial charge in [0.05, 0.1) is 31.1 Å². The topological polar surface area (TPSA) is 101 Å². The fourth-order valence-electron chi connectivity index (χ4n) is 5.36. The minimum Gasteiger partial charge on any atom is -0.490 e. The van der Waals surface area contributed by atoms with Crippen molar-refractivity contribution >= 4 is 5.97 Å². The molecule has 9 nitrogen and oxygen atoms in total. The van der Waals surface area contributed by atoms with Crippen molar-refractivity contribution in [3.8, 4) is 45.6 Å². The van der Waals surface area contributed by atoms with Gasteiger partial charge in [-0.1, -0.05) is 84.9 Å². The van der Waals surface area contributed by atoms with Crippen LogP contribution in [0.25, 0.3) is 28.3 Å². The summed E-state index contributed by atoms with van der Waals surface area (Å²) in [6, 6.07) is 40.4. The zero-order valence-corrected chi connectivity index (χ0v) is 27.7. The smallest absolute Gasteiger partial charge is 0.339 e. The number of hydrogen-bond donors (Lipinski definition) is 1. The Balaban J connectivity index is 1.38. The fraction of sp³-hybridized carbons (Fsp3) is 0.171. The van der Waals surface area contributed by atoms with Gasteiger partial charge in [-0.25, -0.2) is 9.78 Å². The summed E-state index contributed by atoms with van der Waals surface area (Å²) in [5, 5.41) is 10.2. The molecule has 50 heavy (non-hydrogen) atoms. The first-order valence-corrected chi connectivity index (χ1v) is 16.3. The molecule has 0 saturated carbocycles. The van der Waals surface area contributed by atoms with Crippen molar-refractivity contribution in [3.05, 3.63) is 150 Å². The molecular formula is C41H38N2O7. The molecule has 0 bridgehead atoms. The third kappa shape index (κ3) is 8.57. The molecule has 1 aromatic heterocycles. The average molecular weight is 671 g/mol. The van der Waals surface area contributed by atoms with Crippen molar-refractivity contribution < 1.29 is 33.6 Å². The number of benzene rings is 5. The maximum absolute atomic E-state index is 12.5. The van der Waals surface area contributed by atoms with E-state index in [4.69, 9.17) is 28.7 Å². The fourth-order valence-corrected chi connectivity index (χ4v) is 5.36. The summed E-state index contributed by atoms with van der Waals surface area (Å²) < 4.78 is 30.8. The van der Waals surface area contributed by atoms with Gasteiger partial charge < -0.3 is 28.8 Å². The minimum absolute atomic E-state index is 0.0146. The Hall–Kier alpha value is -5.90. The molecule has 1 N–H and O–H groups in total. The quantitative estimate of drug-likeness (QED) is 0.0972. The number of nitrogens with zero attached hydrogens (tertiary/aromatic N) is 2. The zero-order chi connectivity index (χ0) is 34.5. The third-order valence-electron chi connectivity index (χ3n) is 7.86. The van der Waals surface area contributed by atoms with Crippen LogP contribution in [0, 0.1) is 0 Å². The van der Waals surface area contributed by atoms with Gasteiger partial charge in [0.15, 0.2) is 0 Å². The van der Waals surface area contributed by atoms with Crippen molar-refractivity contribution in [1.82, 2.24) is 9.55 Å². The summed E-state index contributed by atoms with van der Waals surface area (Å²) in [5.74, 6) is 0.997. The van der Waals surface area contributed by atoms with Gasteiger partial charge in [0.25, 0.3) is 0 Å². The molecule has 0 radical (unpaired) electrons. The molecule has 1 heterocycles. The molecule has 0 aliphatic heterocycles. The van der Waals surface area contributed by atoms with Crippen molar-refractivity contribution in [1.29, 1.82) is 0 Å². The first-order chi connectivity index (χ1) is 24.6. The third-order valence-corrected chi connectivity index (χ3v) is 7.86. The standard InChI is InChI=1S/C41H38N2O7/c1-46-22-23-47-24-25-48-39-21-20-32(26-35(39)41(44)45)43-27-36(33-16-8-10-18-37(33)49-28-30-12-4-2-5-13-30)42-40(43)34-17-9-11-19-38(34)50-29-31-14-6-3-7-15-31/h2-21,26-27H,22-25,28-29H2,1H3,(H,44,45).